The van der Waals surface area contributed by atoms with Gasteiger partial charge in [-0.2, -0.15) is 0 Å². The van der Waals surface area contributed by atoms with Gasteiger partial charge >= 0.3 is 11.9 Å². The van der Waals surface area contributed by atoms with Gasteiger partial charge in [0.25, 0.3) is 0 Å². The van der Waals surface area contributed by atoms with Crippen molar-refractivity contribution >= 4 is 27.9 Å². The van der Waals surface area contributed by atoms with Crippen molar-refractivity contribution in [1.29, 1.82) is 0 Å². The van der Waals surface area contributed by atoms with E-state index in [1.165, 1.54) is 21.3 Å². The van der Waals surface area contributed by atoms with Gasteiger partial charge in [-0.3, -0.25) is 0 Å². The summed E-state index contributed by atoms with van der Waals surface area (Å²) in [7, 11) is 4.34. The van der Waals surface area contributed by atoms with Gasteiger partial charge in [0.2, 0.25) is 0 Å². The maximum absolute atomic E-state index is 11.2. The van der Waals surface area contributed by atoms with Crippen LogP contribution in [0, 0.1) is 0 Å². The van der Waals surface area contributed by atoms with Crippen LogP contribution in [0.4, 0.5) is 0 Å². The molecule has 1 N–H and O–H groups in total. The lowest BCUT2D eigenvalue weighted by Gasteiger charge is -2.07. The third kappa shape index (κ3) is 6.88. The summed E-state index contributed by atoms with van der Waals surface area (Å²) in [6.07, 6.45) is 3.20. The van der Waals surface area contributed by atoms with E-state index in [1.807, 2.05) is 6.07 Å². The molecule has 0 saturated carbocycles. The van der Waals surface area contributed by atoms with E-state index in [0.29, 0.717) is 17.1 Å². The molecule has 7 heteroatoms. The molecule has 28 heavy (non-hydrogen) atoms. The zero-order chi connectivity index (χ0) is 21.1. The lowest BCUT2D eigenvalue weighted by atomic mass is 10.1. The number of ether oxygens (including phenoxy) is 3. The van der Waals surface area contributed by atoms with Crippen LogP contribution < -0.4 is 9.47 Å². The Balaban J connectivity index is 0.000000283. The van der Waals surface area contributed by atoms with Crippen LogP contribution in [0.1, 0.15) is 46.0 Å². The fourth-order valence-corrected chi connectivity index (χ4v) is 2.73. The molecular formula is C21H25BrO6. The van der Waals surface area contributed by atoms with Crippen molar-refractivity contribution in [2.45, 2.75) is 26.2 Å². The summed E-state index contributed by atoms with van der Waals surface area (Å²) in [5.74, 6) is -0.407. The first kappa shape index (κ1) is 23.5. The average Bonchev–Trinajstić information content (AvgIpc) is 2.71. The van der Waals surface area contributed by atoms with Crippen molar-refractivity contribution in [2.24, 2.45) is 0 Å². The fraction of sp³-hybridized carbons (Fsp3) is 0.333. The van der Waals surface area contributed by atoms with Gasteiger partial charge in [-0.25, -0.2) is 9.59 Å². The number of unbranched alkanes of at least 4 members (excludes halogenated alkanes) is 1. The number of methoxy groups -OCH3 is 3. The molecule has 0 spiro atoms. The molecule has 0 aliphatic carbocycles. The zero-order valence-electron chi connectivity index (χ0n) is 16.5. The van der Waals surface area contributed by atoms with Crippen LogP contribution in [-0.2, 0) is 11.2 Å². The summed E-state index contributed by atoms with van der Waals surface area (Å²) in [6, 6.07) is 10.4. The molecule has 0 amide bonds. The molecule has 0 unspecified atom stereocenters. The molecule has 2 aromatic carbocycles. The third-order valence-electron chi connectivity index (χ3n) is 3.88. The van der Waals surface area contributed by atoms with E-state index in [4.69, 9.17) is 14.6 Å². The molecule has 0 aliphatic heterocycles. The van der Waals surface area contributed by atoms with Crippen molar-refractivity contribution < 1.29 is 28.9 Å². The Bertz CT molecular complexity index is 803. The number of aromatic carboxylic acids is 1. The second-order valence-corrected chi connectivity index (χ2v) is 6.70. The normalized spacial score (nSPS) is 9.75. The van der Waals surface area contributed by atoms with E-state index in [-0.39, 0.29) is 5.56 Å². The van der Waals surface area contributed by atoms with E-state index in [2.05, 4.69) is 27.6 Å². The van der Waals surface area contributed by atoms with Crippen molar-refractivity contribution in [3.05, 3.63) is 57.6 Å². The molecule has 0 fully saturated rings. The topological polar surface area (TPSA) is 82.1 Å². The lowest BCUT2D eigenvalue weighted by Crippen LogP contribution is -2.03. The van der Waals surface area contributed by atoms with Gasteiger partial charge in [0, 0.05) is 4.47 Å². The number of halogens is 1. The zero-order valence-corrected chi connectivity index (χ0v) is 18.0. The molecule has 0 heterocycles. The molecule has 0 atom stereocenters. The minimum atomic E-state index is -0.950. The summed E-state index contributed by atoms with van der Waals surface area (Å²) in [5, 5.41) is 8.88. The molecule has 6 nitrogen and oxygen atoms in total. The highest BCUT2D eigenvalue weighted by atomic mass is 79.9. The number of benzene rings is 2. The Labute approximate surface area is 173 Å². The number of carboxylic acids is 1. The molecule has 152 valence electrons. The van der Waals surface area contributed by atoms with E-state index >= 15 is 0 Å². The maximum Gasteiger partial charge on any atom is 0.341 e. The van der Waals surface area contributed by atoms with E-state index in [1.54, 1.807) is 30.3 Å². The number of carbonyl (C=O) groups is 2. The highest BCUT2D eigenvalue weighted by Crippen LogP contribution is 2.24. The van der Waals surface area contributed by atoms with Crippen LogP contribution in [0.3, 0.4) is 0 Å². The highest BCUT2D eigenvalue weighted by molar-refractivity contribution is 9.10. The Hall–Kier alpha value is -2.54. The summed E-state index contributed by atoms with van der Waals surface area (Å²) in [5.41, 5.74) is 1.77. The van der Waals surface area contributed by atoms with Gasteiger partial charge in [-0.1, -0.05) is 35.3 Å². The highest BCUT2D eigenvalue weighted by Gasteiger charge is 2.12. The second-order valence-electron chi connectivity index (χ2n) is 5.78. The van der Waals surface area contributed by atoms with Crippen LogP contribution >= 0.6 is 15.9 Å². The van der Waals surface area contributed by atoms with Gasteiger partial charge in [0.05, 0.1) is 21.3 Å². The first-order valence-corrected chi connectivity index (χ1v) is 9.49. The van der Waals surface area contributed by atoms with Crippen LogP contribution in [0.25, 0.3) is 0 Å². The summed E-state index contributed by atoms with van der Waals surface area (Å²) in [6.45, 7) is 2.13. The van der Waals surface area contributed by atoms with Crippen LogP contribution in [0.2, 0.25) is 0 Å². The monoisotopic (exact) mass is 452 g/mol. The number of aryl methyl sites for hydroxylation is 1. The van der Waals surface area contributed by atoms with Crippen molar-refractivity contribution in [2.75, 3.05) is 21.3 Å². The SMILES string of the molecule is CCCCc1ccc(C(=O)O)c(OC)c1.COC(=O)c1ccc(Br)cc1OC. The molecule has 2 aromatic rings. The van der Waals surface area contributed by atoms with E-state index in [0.717, 1.165) is 29.3 Å². The second kappa shape index (κ2) is 12.0. The van der Waals surface area contributed by atoms with Crippen molar-refractivity contribution in [1.82, 2.24) is 0 Å². The third-order valence-corrected chi connectivity index (χ3v) is 4.38. The van der Waals surface area contributed by atoms with Gasteiger partial charge in [-0.15, -0.1) is 0 Å². The Morgan fingerprint density at radius 2 is 1.57 bits per heavy atom. The van der Waals surface area contributed by atoms with Gasteiger partial charge < -0.3 is 19.3 Å². The summed E-state index contributed by atoms with van der Waals surface area (Å²) in [4.78, 5) is 22.0. The number of carboxylic acid groups (broad SMARTS) is 1. The number of hydrogen-bond donors (Lipinski definition) is 1. The van der Waals surface area contributed by atoms with Crippen LogP contribution in [0.5, 0.6) is 11.5 Å². The Morgan fingerprint density at radius 3 is 2.11 bits per heavy atom. The van der Waals surface area contributed by atoms with Crippen molar-refractivity contribution in [3.8, 4) is 11.5 Å². The number of esters is 1. The first-order valence-electron chi connectivity index (χ1n) is 8.69. The minimum absolute atomic E-state index is 0.220. The Kier molecular flexibility index (Phi) is 10.1. The standard InChI is InChI=1S/C12H16O3.C9H9BrO3/c1-3-4-5-9-6-7-10(12(13)14)11(8-9)15-2;1-12-8-5-6(10)3-4-7(8)9(11)13-2/h6-8H,3-5H2,1-2H3,(H,13,14);3-5H,1-2H3. The Morgan fingerprint density at radius 1 is 0.964 bits per heavy atom. The van der Waals surface area contributed by atoms with E-state index in [9.17, 15) is 9.59 Å². The van der Waals surface area contributed by atoms with Crippen LogP contribution in [0.15, 0.2) is 40.9 Å². The van der Waals surface area contributed by atoms with E-state index < -0.39 is 11.9 Å². The summed E-state index contributed by atoms with van der Waals surface area (Å²) < 4.78 is 15.5. The molecule has 0 aromatic heterocycles. The van der Waals surface area contributed by atoms with Gasteiger partial charge in [0.1, 0.15) is 22.6 Å². The average molecular weight is 453 g/mol. The van der Waals surface area contributed by atoms with Gasteiger partial charge in [-0.05, 0) is 48.7 Å². The lowest BCUT2D eigenvalue weighted by molar-refractivity contribution is 0.0596. The minimum Gasteiger partial charge on any atom is -0.496 e. The predicted molar refractivity (Wildman–Crippen MR) is 111 cm³/mol. The first-order chi connectivity index (χ1) is 13.4. The molecule has 0 aliphatic rings. The number of carbonyl (C=O) groups excluding carboxylic acids is 1. The summed E-state index contributed by atoms with van der Waals surface area (Å²) >= 11 is 3.28. The molecular weight excluding hydrogens is 428 g/mol. The smallest absolute Gasteiger partial charge is 0.341 e. The molecule has 2 rings (SSSR count). The number of hydrogen-bond acceptors (Lipinski definition) is 5. The maximum atomic E-state index is 11.2. The fourth-order valence-electron chi connectivity index (χ4n) is 2.39. The molecule has 0 saturated heterocycles. The number of rotatable bonds is 7. The largest absolute Gasteiger partial charge is 0.496 e. The predicted octanol–water partition coefficient (Wildman–Crippen LogP) is 4.98. The molecule has 0 bridgehead atoms. The quantitative estimate of drug-likeness (QED) is 0.596. The molecule has 0 radical (unpaired) electrons. The van der Waals surface area contributed by atoms with Crippen LogP contribution in [-0.4, -0.2) is 38.4 Å². The van der Waals surface area contributed by atoms with Gasteiger partial charge in [0.15, 0.2) is 0 Å². The van der Waals surface area contributed by atoms with Crippen molar-refractivity contribution in [3.63, 3.8) is 0 Å².